The summed E-state index contributed by atoms with van der Waals surface area (Å²) in [6.07, 6.45) is 4.90. The molecule has 4 rings (SSSR count). The summed E-state index contributed by atoms with van der Waals surface area (Å²) in [6, 6.07) is 14.0. The van der Waals surface area contributed by atoms with Crippen molar-refractivity contribution in [1.82, 2.24) is 5.01 Å². The van der Waals surface area contributed by atoms with Gasteiger partial charge in [0.15, 0.2) is 9.84 Å². The number of sulfone groups is 1. The SMILES string of the molecule is CS(=O)(=O)c1cc2c(c(C[C@@H]3CCCN(N)[C@@H]3c3ccccc3)c1)OCC2.Cl. The van der Waals surface area contributed by atoms with E-state index in [0.717, 1.165) is 49.1 Å². The Balaban J connectivity index is 0.00000225. The molecule has 2 aromatic rings. The summed E-state index contributed by atoms with van der Waals surface area (Å²) in [5, 5.41) is 1.94. The molecule has 0 saturated carbocycles. The van der Waals surface area contributed by atoms with Gasteiger partial charge >= 0.3 is 0 Å². The lowest BCUT2D eigenvalue weighted by Gasteiger charge is -2.39. The van der Waals surface area contributed by atoms with Gasteiger partial charge in [0.05, 0.1) is 17.5 Å². The van der Waals surface area contributed by atoms with Gasteiger partial charge in [-0.1, -0.05) is 30.3 Å². The van der Waals surface area contributed by atoms with E-state index in [9.17, 15) is 8.42 Å². The summed E-state index contributed by atoms with van der Waals surface area (Å²) in [7, 11) is -3.25. The first-order valence-electron chi connectivity index (χ1n) is 9.48. The molecule has 2 aromatic carbocycles. The first kappa shape index (κ1) is 21.1. The third-order valence-electron chi connectivity index (χ3n) is 5.68. The summed E-state index contributed by atoms with van der Waals surface area (Å²) in [6.45, 7) is 1.49. The van der Waals surface area contributed by atoms with Crippen LogP contribution < -0.4 is 10.6 Å². The van der Waals surface area contributed by atoms with Crippen molar-refractivity contribution >= 4 is 22.2 Å². The largest absolute Gasteiger partial charge is 0.493 e. The molecule has 28 heavy (non-hydrogen) atoms. The Hall–Kier alpha value is -1.60. The summed E-state index contributed by atoms with van der Waals surface area (Å²) >= 11 is 0. The standard InChI is InChI=1S/C21H26N2O3S.ClH/c1-27(24,25)19-13-17-9-11-26-21(17)18(14-19)12-16-8-5-10-23(22)20(16)15-6-3-2-4-7-15;/h2-4,6-7,13-14,16,20H,5,8-12,22H2,1H3;1H/t16-,20+;/m0./s1. The van der Waals surface area contributed by atoms with Gasteiger partial charge in [0.2, 0.25) is 0 Å². The van der Waals surface area contributed by atoms with Crippen LogP contribution >= 0.6 is 12.4 Å². The molecular weight excluding hydrogens is 396 g/mol. The van der Waals surface area contributed by atoms with Crippen LogP contribution in [-0.2, 0) is 22.7 Å². The molecule has 2 aliphatic heterocycles. The molecule has 0 unspecified atom stereocenters. The van der Waals surface area contributed by atoms with E-state index in [-0.39, 0.29) is 18.4 Å². The van der Waals surface area contributed by atoms with Crippen LogP contribution in [0.5, 0.6) is 5.75 Å². The van der Waals surface area contributed by atoms with Gasteiger partial charge in [-0.25, -0.2) is 13.4 Å². The smallest absolute Gasteiger partial charge is 0.175 e. The highest BCUT2D eigenvalue weighted by atomic mass is 35.5. The molecular formula is C21H27ClN2O3S. The number of hydrazine groups is 1. The number of nitrogens with zero attached hydrogens (tertiary/aromatic N) is 1. The minimum absolute atomic E-state index is 0. The zero-order valence-electron chi connectivity index (χ0n) is 16.0. The Kier molecular flexibility index (Phi) is 6.34. The molecule has 0 bridgehead atoms. The van der Waals surface area contributed by atoms with Gasteiger partial charge in [0.1, 0.15) is 5.75 Å². The number of ether oxygens (including phenoxy) is 1. The average Bonchev–Trinajstić information content (AvgIpc) is 3.11. The molecule has 1 fully saturated rings. The lowest BCUT2D eigenvalue weighted by Crippen LogP contribution is -2.44. The predicted octanol–water partition coefficient (Wildman–Crippen LogP) is 3.32. The maximum Gasteiger partial charge on any atom is 0.175 e. The molecule has 0 spiro atoms. The summed E-state index contributed by atoms with van der Waals surface area (Å²) < 4.78 is 30.2. The summed E-state index contributed by atoms with van der Waals surface area (Å²) in [5.41, 5.74) is 3.21. The van der Waals surface area contributed by atoms with Gasteiger partial charge in [-0.05, 0) is 54.0 Å². The van der Waals surface area contributed by atoms with E-state index in [1.54, 1.807) is 12.1 Å². The lowest BCUT2D eigenvalue weighted by molar-refractivity contribution is 0.0922. The molecule has 0 aliphatic carbocycles. The Morgan fingerprint density at radius 1 is 1.21 bits per heavy atom. The third-order valence-corrected chi connectivity index (χ3v) is 6.77. The molecule has 0 amide bonds. The molecule has 0 radical (unpaired) electrons. The number of rotatable bonds is 4. The van der Waals surface area contributed by atoms with Crippen LogP contribution in [0.2, 0.25) is 0 Å². The number of fused-ring (bicyclic) bond motifs is 1. The first-order valence-corrected chi connectivity index (χ1v) is 11.4. The number of nitrogens with two attached hydrogens (primary N) is 1. The molecule has 152 valence electrons. The highest BCUT2D eigenvalue weighted by molar-refractivity contribution is 7.90. The van der Waals surface area contributed by atoms with Crippen molar-refractivity contribution in [1.29, 1.82) is 0 Å². The highest BCUT2D eigenvalue weighted by Crippen LogP contribution is 2.40. The monoisotopic (exact) mass is 422 g/mol. The van der Waals surface area contributed by atoms with E-state index in [4.69, 9.17) is 10.6 Å². The third kappa shape index (κ3) is 4.20. The van der Waals surface area contributed by atoms with Crippen LogP contribution in [0.4, 0.5) is 0 Å². The topological polar surface area (TPSA) is 72.6 Å². The molecule has 2 N–H and O–H groups in total. The number of hydrogen-bond acceptors (Lipinski definition) is 5. The molecule has 1 saturated heterocycles. The maximum atomic E-state index is 12.1. The number of hydrogen-bond donors (Lipinski definition) is 1. The second-order valence-electron chi connectivity index (χ2n) is 7.64. The maximum absolute atomic E-state index is 12.1. The van der Waals surface area contributed by atoms with E-state index in [0.29, 0.717) is 17.4 Å². The first-order chi connectivity index (χ1) is 12.9. The van der Waals surface area contributed by atoms with E-state index in [2.05, 4.69) is 12.1 Å². The summed E-state index contributed by atoms with van der Waals surface area (Å²) in [5.74, 6) is 7.57. The Morgan fingerprint density at radius 3 is 2.68 bits per heavy atom. The van der Waals surface area contributed by atoms with Gasteiger partial charge in [0, 0.05) is 19.2 Å². The van der Waals surface area contributed by atoms with E-state index < -0.39 is 9.84 Å². The lowest BCUT2D eigenvalue weighted by atomic mass is 9.81. The molecule has 2 heterocycles. The summed E-state index contributed by atoms with van der Waals surface area (Å²) in [4.78, 5) is 0.387. The van der Waals surface area contributed by atoms with Crippen LogP contribution in [0, 0.1) is 5.92 Å². The van der Waals surface area contributed by atoms with Gasteiger partial charge in [-0.15, -0.1) is 12.4 Å². The second-order valence-corrected chi connectivity index (χ2v) is 9.66. The van der Waals surface area contributed by atoms with Gasteiger partial charge in [0.25, 0.3) is 0 Å². The Labute approximate surface area is 173 Å². The molecule has 2 atom stereocenters. The average molecular weight is 423 g/mol. The molecule has 2 aliphatic rings. The van der Waals surface area contributed by atoms with Crippen LogP contribution in [0.25, 0.3) is 0 Å². The van der Waals surface area contributed by atoms with Crippen molar-refractivity contribution in [3.05, 3.63) is 59.2 Å². The Bertz CT molecular complexity index is 934. The quantitative estimate of drug-likeness (QED) is 0.765. The van der Waals surface area contributed by atoms with E-state index in [1.165, 1.54) is 11.8 Å². The Morgan fingerprint density at radius 2 is 1.96 bits per heavy atom. The molecule has 0 aromatic heterocycles. The fraction of sp³-hybridized carbons (Fsp3) is 0.429. The van der Waals surface area contributed by atoms with Crippen LogP contribution in [0.15, 0.2) is 47.4 Å². The minimum Gasteiger partial charge on any atom is -0.493 e. The number of benzene rings is 2. The zero-order valence-corrected chi connectivity index (χ0v) is 17.6. The second kappa shape index (κ2) is 8.41. The van der Waals surface area contributed by atoms with Crippen molar-refractivity contribution < 1.29 is 13.2 Å². The van der Waals surface area contributed by atoms with Crippen molar-refractivity contribution in [3.8, 4) is 5.75 Å². The number of piperidine rings is 1. The van der Waals surface area contributed by atoms with Crippen molar-refractivity contribution in [2.24, 2.45) is 11.8 Å². The predicted molar refractivity (Wildman–Crippen MR) is 113 cm³/mol. The van der Waals surface area contributed by atoms with Crippen LogP contribution in [-0.4, -0.2) is 32.8 Å². The fourth-order valence-corrected chi connectivity index (χ4v) is 5.15. The zero-order chi connectivity index (χ0) is 19.0. The normalized spacial score (nSPS) is 22.2. The van der Waals surface area contributed by atoms with Gasteiger partial charge in [-0.3, -0.25) is 5.84 Å². The van der Waals surface area contributed by atoms with Gasteiger partial charge in [-0.2, -0.15) is 0 Å². The van der Waals surface area contributed by atoms with Crippen LogP contribution in [0.1, 0.15) is 35.6 Å². The van der Waals surface area contributed by atoms with Crippen LogP contribution in [0.3, 0.4) is 0 Å². The number of halogens is 1. The van der Waals surface area contributed by atoms with Gasteiger partial charge < -0.3 is 4.74 Å². The van der Waals surface area contributed by atoms with Crippen molar-refractivity contribution in [3.63, 3.8) is 0 Å². The minimum atomic E-state index is -3.25. The highest BCUT2D eigenvalue weighted by Gasteiger charge is 2.33. The molecule has 7 heteroatoms. The fourth-order valence-electron chi connectivity index (χ4n) is 4.44. The van der Waals surface area contributed by atoms with Crippen molar-refractivity contribution in [2.45, 2.75) is 36.6 Å². The van der Waals surface area contributed by atoms with E-state index >= 15 is 0 Å². The molecule has 5 nitrogen and oxygen atoms in total. The van der Waals surface area contributed by atoms with E-state index in [1.807, 2.05) is 23.2 Å². The van der Waals surface area contributed by atoms with Crippen molar-refractivity contribution in [2.75, 3.05) is 19.4 Å².